The maximum atomic E-state index is 13.5. The molecule has 0 bridgehead atoms. The largest absolute Gasteiger partial charge is 0.479 e. The molecule has 0 saturated carbocycles. The lowest BCUT2D eigenvalue weighted by Gasteiger charge is -2.18. The van der Waals surface area contributed by atoms with Crippen molar-refractivity contribution in [1.82, 2.24) is 0 Å². The van der Waals surface area contributed by atoms with Gasteiger partial charge in [-0.15, -0.1) is 0 Å². The van der Waals surface area contributed by atoms with E-state index in [1.807, 2.05) is 6.92 Å². The van der Waals surface area contributed by atoms with Gasteiger partial charge in [-0.25, -0.2) is 4.39 Å². The second-order valence-corrected chi connectivity index (χ2v) is 4.82. The van der Waals surface area contributed by atoms with Crippen LogP contribution >= 0.6 is 11.6 Å². The van der Waals surface area contributed by atoms with Crippen LogP contribution in [0.15, 0.2) is 48.5 Å². The van der Waals surface area contributed by atoms with E-state index < -0.39 is 17.8 Å². The number of para-hydroxylation sites is 2. The molecule has 0 saturated heterocycles. The minimum absolute atomic E-state index is 0.128. The van der Waals surface area contributed by atoms with Crippen molar-refractivity contribution in [3.05, 3.63) is 59.4 Å². The molecule has 0 aliphatic heterocycles. The number of halogens is 2. The molecule has 0 aromatic heterocycles. The summed E-state index contributed by atoms with van der Waals surface area (Å²) in [5, 5.41) is 2.94. The normalized spacial score (nSPS) is 11.8. The molecule has 1 atom stereocenters. The van der Waals surface area contributed by atoms with Crippen molar-refractivity contribution in [2.75, 3.05) is 5.32 Å². The lowest BCUT2D eigenvalue weighted by Crippen LogP contribution is -2.32. The van der Waals surface area contributed by atoms with E-state index in [9.17, 15) is 9.18 Å². The van der Waals surface area contributed by atoms with Crippen LogP contribution < -0.4 is 10.1 Å². The van der Waals surface area contributed by atoms with Crippen molar-refractivity contribution in [3.8, 4) is 5.75 Å². The van der Waals surface area contributed by atoms with Gasteiger partial charge in [0.2, 0.25) is 0 Å². The van der Waals surface area contributed by atoms with Gasteiger partial charge in [0.25, 0.3) is 5.91 Å². The lowest BCUT2D eigenvalue weighted by molar-refractivity contribution is -0.122. The number of ether oxygens (including phenoxy) is 1. The SMILES string of the molecule is CC[C@@H](Oc1ccccc1Cl)C(=O)Nc1ccccc1F. The maximum Gasteiger partial charge on any atom is 0.265 e. The van der Waals surface area contributed by atoms with E-state index in [0.717, 1.165) is 0 Å². The zero-order chi connectivity index (χ0) is 15.2. The van der Waals surface area contributed by atoms with E-state index in [1.54, 1.807) is 36.4 Å². The summed E-state index contributed by atoms with van der Waals surface area (Å²) < 4.78 is 19.1. The quantitative estimate of drug-likeness (QED) is 0.895. The number of hydrogen-bond donors (Lipinski definition) is 1. The van der Waals surface area contributed by atoms with Gasteiger partial charge in [0.15, 0.2) is 6.10 Å². The summed E-state index contributed by atoms with van der Waals surface area (Å²) in [7, 11) is 0. The standard InChI is InChI=1S/C16H15ClFNO2/c1-2-14(21-15-10-6-3-7-11(15)17)16(20)19-13-9-5-4-8-12(13)18/h3-10,14H,2H2,1H3,(H,19,20)/t14-/m1/s1. The number of hydrogen-bond acceptors (Lipinski definition) is 2. The van der Waals surface area contributed by atoms with Gasteiger partial charge in [-0.1, -0.05) is 42.8 Å². The van der Waals surface area contributed by atoms with Crippen LogP contribution in [-0.2, 0) is 4.79 Å². The van der Waals surface area contributed by atoms with Crippen LogP contribution in [0.3, 0.4) is 0 Å². The average molecular weight is 308 g/mol. The molecule has 3 nitrogen and oxygen atoms in total. The fraction of sp³-hybridized carbons (Fsp3) is 0.188. The average Bonchev–Trinajstić information content (AvgIpc) is 2.48. The Morgan fingerprint density at radius 3 is 2.57 bits per heavy atom. The van der Waals surface area contributed by atoms with Gasteiger partial charge in [0, 0.05) is 0 Å². The predicted molar refractivity (Wildman–Crippen MR) is 81.2 cm³/mol. The highest BCUT2D eigenvalue weighted by atomic mass is 35.5. The lowest BCUT2D eigenvalue weighted by atomic mass is 10.2. The van der Waals surface area contributed by atoms with Crippen molar-refractivity contribution in [2.24, 2.45) is 0 Å². The number of nitrogens with one attached hydrogen (secondary N) is 1. The van der Waals surface area contributed by atoms with Crippen LogP contribution in [0.2, 0.25) is 5.02 Å². The van der Waals surface area contributed by atoms with E-state index in [-0.39, 0.29) is 5.69 Å². The van der Waals surface area contributed by atoms with E-state index >= 15 is 0 Å². The third-order valence-electron chi connectivity index (χ3n) is 2.90. The Bertz CT molecular complexity index is 633. The van der Waals surface area contributed by atoms with Crippen molar-refractivity contribution in [2.45, 2.75) is 19.4 Å². The first kappa shape index (κ1) is 15.3. The van der Waals surface area contributed by atoms with E-state index in [1.165, 1.54) is 12.1 Å². The van der Waals surface area contributed by atoms with Crippen molar-refractivity contribution >= 4 is 23.2 Å². The highest BCUT2D eigenvalue weighted by molar-refractivity contribution is 6.32. The molecule has 0 fully saturated rings. The molecule has 2 aromatic carbocycles. The molecule has 0 unspecified atom stereocenters. The predicted octanol–water partition coefficient (Wildman–Crippen LogP) is 4.28. The first-order valence-corrected chi connectivity index (χ1v) is 6.96. The Morgan fingerprint density at radius 2 is 1.90 bits per heavy atom. The molecule has 0 radical (unpaired) electrons. The molecule has 2 rings (SSSR count). The Morgan fingerprint density at radius 1 is 1.24 bits per heavy atom. The first-order chi connectivity index (χ1) is 10.1. The first-order valence-electron chi connectivity index (χ1n) is 6.58. The van der Waals surface area contributed by atoms with Crippen molar-refractivity contribution < 1.29 is 13.9 Å². The number of anilines is 1. The van der Waals surface area contributed by atoms with Gasteiger partial charge in [-0.2, -0.15) is 0 Å². The molecule has 5 heteroatoms. The molecule has 0 aliphatic carbocycles. The molecule has 2 aromatic rings. The van der Waals surface area contributed by atoms with Gasteiger partial charge >= 0.3 is 0 Å². The summed E-state index contributed by atoms with van der Waals surface area (Å²) >= 11 is 6.00. The van der Waals surface area contributed by atoms with Crippen LogP contribution in [0.25, 0.3) is 0 Å². The van der Waals surface area contributed by atoms with Gasteiger partial charge in [-0.05, 0) is 30.7 Å². The molecule has 0 heterocycles. The minimum atomic E-state index is -0.746. The summed E-state index contributed by atoms with van der Waals surface area (Å²) in [5.74, 6) is -0.476. The topological polar surface area (TPSA) is 38.3 Å². The second-order valence-electron chi connectivity index (χ2n) is 4.41. The summed E-state index contributed by atoms with van der Waals surface area (Å²) in [6.07, 6.45) is -0.310. The summed E-state index contributed by atoms with van der Waals surface area (Å²) in [6.45, 7) is 1.81. The third kappa shape index (κ3) is 3.95. The molecule has 1 N–H and O–H groups in total. The fourth-order valence-corrected chi connectivity index (χ4v) is 1.97. The van der Waals surface area contributed by atoms with E-state index in [4.69, 9.17) is 16.3 Å². The number of amides is 1. The van der Waals surface area contributed by atoms with Crippen molar-refractivity contribution in [3.63, 3.8) is 0 Å². The zero-order valence-electron chi connectivity index (χ0n) is 11.5. The number of rotatable bonds is 5. The highest BCUT2D eigenvalue weighted by Gasteiger charge is 2.20. The van der Waals surface area contributed by atoms with Crippen LogP contribution in [-0.4, -0.2) is 12.0 Å². The molecular formula is C16H15ClFNO2. The second kappa shape index (κ2) is 7.09. The van der Waals surface area contributed by atoms with Gasteiger partial charge in [0.05, 0.1) is 10.7 Å². The van der Waals surface area contributed by atoms with Crippen LogP contribution in [0, 0.1) is 5.82 Å². The fourth-order valence-electron chi connectivity index (χ4n) is 1.79. The Balaban J connectivity index is 2.09. The summed E-state index contributed by atoms with van der Waals surface area (Å²) in [4.78, 5) is 12.2. The van der Waals surface area contributed by atoms with Gasteiger partial charge < -0.3 is 10.1 Å². The molecule has 110 valence electrons. The van der Waals surface area contributed by atoms with Crippen molar-refractivity contribution in [1.29, 1.82) is 0 Å². The van der Waals surface area contributed by atoms with E-state index in [2.05, 4.69) is 5.32 Å². The molecule has 21 heavy (non-hydrogen) atoms. The Labute approximate surface area is 127 Å². The molecule has 0 spiro atoms. The number of benzene rings is 2. The van der Waals surface area contributed by atoms with Crippen LogP contribution in [0.1, 0.15) is 13.3 Å². The molecule has 1 amide bonds. The zero-order valence-corrected chi connectivity index (χ0v) is 12.2. The summed E-state index contributed by atoms with van der Waals surface area (Å²) in [6, 6.07) is 12.9. The number of carbonyl (C=O) groups excluding carboxylic acids is 1. The summed E-state index contributed by atoms with van der Waals surface area (Å²) in [5.41, 5.74) is 0.128. The van der Waals surface area contributed by atoms with Crippen LogP contribution in [0.5, 0.6) is 5.75 Å². The van der Waals surface area contributed by atoms with Crippen LogP contribution in [0.4, 0.5) is 10.1 Å². The molecule has 0 aliphatic rings. The number of carbonyl (C=O) groups is 1. The minimum Gasteiger partial charge on any atom is -0.479 e. The van der Waals surface area contributed by atoms with E-state index in [0.29, 0.717) is 17.2 Å². The monoisotopic (exact) mass is 307 g/mol. The Kier molecular flexibility index (Phi) is 5.17. The highest BCUT2D eigenvalue weighted by Crippen LogP contribution is 2.25. The maximum absolute atomic E-state index is 13.5. The smallest absolute Gasteiger partial charge is 0.265 e. The third-order valence-corrected chi connectivity index (χ3v) is 3.21. The van der Waals surface area contributed by atoms with Gasteiger partial charge in [0.1, 0.15) is 11.6 Å². The Hall–Kier alpha value is -2.07. The van der Waals surface area contributed by atoms with Gasteiger partial charge in [-0.3, -0.25) is 4.79 Å². The molecular weight excluding hydrogens is 293 g/mol.